The monoisotopic (exact) mass is 448 g/mol. The van der Waals surface area contributed by atoms with E-state index in [4.69, 9.17) is 4.43 Å². The molecule has 0 saturated heterocycles. The zero-order valence-electron chi connectivity index (χ0n) is 18.6. The summed E-state index contributed by atoms with van der Waals surface area (Å²) in [4.78, 5) is 15.3. The van der Waals surface area contributed by atoms with Gasteiger partial charge in [0.25, 0.3) is 5.91 Å². The van der Waals surface area contributed by atoms with Gasteiger partial charge in [-0.1, -0.05) is 45.0 Å². The van der Waals surface area contributed by atoms with Gasteiger partial charge in [0.05, 0.1) is 17.2 Å². The van der Waals surface area contributed by atoms with E-state index >= 15 is 0 Å². The van der Waals surface area contributed by atoms with Gasteiger partial charge in [0.1, 0.15) is 0 Å². The van der Waals surface area contributed by atoms with Gasteiger partial charge in [0.15, 0.2) is 15.3 Å². The lowest BCUT2D eigenvalue weighted by molar-refractivity contribution is 0.0912. The second kappa shape index (κ2) is 9.61. The summed E-state index contributed by atoms with van der Waals surface area (Å²) in [6.45, 7) is 10.7. The van der Waals surface area contributed by atoms with Crippen LogP contribution in [0.25, 0.3) is 0 Å². The maximum atomic E-state index is 13.6. The van der Waals surface area contributed by atoms with Crippen LogP contribution >= 0.6 is 11.3 Å². The SMILES string of the molecule is C[SiH](C)OC(c1ccc(C(C)(C)C)cc1)N(C(=O)c1ccsc1)c1ccc(C#N)cc1. The molecular formula is C25H28N2O2SSi. The minimum Gasteiger partial charge on any atom is -0.397 e. The molecule has 160 valence electrons. The molecule has 0 saturated carbocycles. The number of nitriles is 1. The predicted molar refractivity (Wildman–Crippen MR) is 130 cm³/mol. The molecular weight excluding hydrogens is 420 g/mol. The first-order chi connectivity index (χ1) is 14.7. The van der Waals surface area contributed by atoms with E-state index in [-0.39, 0.29) is 11.3 Å². The number of amides is 1. The van der Waals surface area contributed by atoms with Gasteiger partial charge in [-0.15, -0.1) is 0 Å². The Kier molecular flexibility index (Phi) is 7.11. The van der Waals surface area contributed by atoms with Crippen molar-refractivity contribution in [2.45, 2.75) is 45.5 Å². The highest BCUT2D eigenvalue weighted by molar-refractivity contribution is 7.08. The van der Waals surface area contributed by atoms with Crippen LogP contribution in [0.1, 0.15) is 54.0 Å². The molecule has 1 atom stereocenters. The third kappa shape index (κ3) is 5.50. The third-order valence-electron chi connectivity index (χ3n) is 4.96. The van der Waals surface area contributed by atoms with Crippen molar-refractivity contribution < 1.29 is 9.22 Å². The molecule has 0 bridgehead atoms. The Bertz CT molecular complexity index is 1050. The lowest BCUT2D eigenvalue weighted by Crippen LogP contribution is -2.38. The summed E-state index contributed by atoms with van der Waals surface area (Å²) in [5, 5.41) is 12.9. The molecule has 3 aromatic rings. The van der Waals surface area contributed by atoms with Crippen LogP contribution in [0.3, 0.4) is 0 Å². The zero-order chi connectivity index (χ0) is 22.6. The Balaban J connectivity index is 2.10. The fraction of sp³-hybridized carbons (Fsp3) is 0.280. The molecule has 6 heteroatoms. The fourth-order valence-corrected chi connectivity index (χ4v) is 4.70. The lowest BCUT2D eigenvalue weighted by Gasteiger charge is -2.34. The molecule has 2 aromatic carbocycles. The van der Waals surface area contributed by atoms with Crippen LogP contribution in [-0.2, 0) is 9.84 Å². The summed E-state index contributed by atoms with van der Waals surface area (Å²) in [5.74, 6) is -0.120. The van der Waals surface area contributed by atoms with Crippen molar-refractivity contribution in [2.75, 3.05) is 4.90 Å². The Hall–Kier alpha value is -2.72. The number of nitrogens with zero attached hydrogens (tertiary/aromatic N) is 2. The van der Waals surface area contributed by atoms with E-state index in [1.807, 2.05) is 29.0 Å². The van der Waals surface area contributed by atoms with Crippen molar-refractivity contribution in [3.63, 3.8) is 0 Å². The van der Waals surface area contributed by atoms with Crippen molar-refractivity contribution in [1.82, 2.24) is 0 Å². The van der Waals surface area contributed by atoms with Crippen molar-refractivity contribution in [3.05, 3.63) is 87.6 Å². The fourth-order valence-electron chi connectivity index (χ4n) is 3.28. The van der Waals surface area contributed by atoms with Crippen LogP contribution < -0.4 is 4.90 Å². The first kappa shape index (κ1) is 23.0. The normalized spacial score (nSPS) is 12.4. The van der Waals surface area contributed by atoms with Gasteiger partial charge in [0, 0.05) is 16.6 Å². The first-order valence-electron chi connectivity index (χ1n) is 10.3. The number of carbonyl (C=O) groups excluding carboxylic acids is 1. The summed E-state index contributed by atoms with van der Waals surface area (Å²) in [5.41, 5.74) is 4.08. The summed E-state index contributed by atoms with van der Waals surface area (Å²) < 4.78 is 6.44. The number of carbonyl (C=O) groups is 1. The molecule has 3 rings (SSSR count). The molecule has 31 heavy (non-hydrogen) atoms. The number of thiophene rings is 1. The summed E-state index contributed by atoms with van der Waals surface area (Å²) >= 11 is 1.49. The van der Waals surface area contributed by atoms with E-state index in [0.29, 0.717) is 16.8 Å². The summed E-state index contributed by atoms with van der Waals surface area (Å²) in [6.07, 6.45) is -0.541. The van der Waals surface area contributed by atoms with Gasteiger partial charge in [-0.05, 0) is 59.8 Å². The van der Waals surface area contributed by atoms with Crippen LogP contribution in [-0.4, -0.2) is 14.9 Å². The van der Waals surface area contributed by atoms with E-state index in [1.165, 1.54) is 16.9 Å². The molecule has 0 spiro atoms. The molecule has 0 fully saturated rings. The number of anilines is 1. The van der Waals surface area contributed by atoms with Gasteiger partial charge >= 0.3 is 0 Å². The molecule has 4 nitrogen and oxygen atoms in total. The maximum Gasteiger partial charge on any atom is 0.261 e. The Morgan fingerprint density at radius 1 is 1.06 bits per heavy atom. The molecule has 1 unspecified atom stereocenters. The molecule has 1 aromatic heterocycles. The number of benzene rings is 2. The average Bonchev–Trinajstić information content (AvgIpc) is 3.28. The van der Waals surface area contributed by atoms with Gasteiger partial charge in [0.2, 0.25) is 0 Å². The largest absolute Gasteiger partial charge is 0.397 e. The molecule has 0 aliphatic rings. The van der Waals surface area contributed by atoms with E-state index < -0.39 is 15.3 Å². The van der Waals surface area contributed by atoms with E-state index in [0.717, 1.165) is 5.56 Å². The topological polar surface area (TPSA) is 53.3 Å². The molecule has 0 radical (unpaired) electrons. The lowest BCUT2D eigenvalue weighted by atomic mass is 9.86. The predicted octanol–water partition coefficient (Wildman–Crippen LogP) is 6.26. The van der Waals surface area contributed by atoms with Crippen LogP contribution in [0.2, 0.25) is 13.1 Å². The van der Waals surface area contributed by atoms with Gasteiger partial charge in [-0.25, -0.2) is 0 Å². The zero-order valence-corrected chi connectivity index (χ0v) is 20.6. The Morgan fingerprint density at radius 3 is 2.19 bits per heavy atom. The standard InChI is InChI=1S/C25H28N2O2SSi/c1-25(2,3)21-10-8-19(9-11-21)24(29-31(4)5)27(23(28)20-14-15-30-17-20)22-12-6-18(16-26)7-13-22/h6-15,17,24,31H,1-5H3. The van der Waals surface area contributed by atoms with Crippen molar-refractivity contribution in [3.8, 4) is 6.07 Å². The van der Waals surface area contributed by atoms with Crippen molar-refractivity contribution in [2.24, 2.45) is 0 Å². The van der Waals surface area contributed by atoms with Crippen LogP contribution in [0, 0.1) is 11.3 Å². The second-order valence-corrected chi connectivity index (χ2v) is 11.9. The Labute approximate surface area is 190 Å². The maximum absolute atomic E-state index is 13.6. The molecule has 0 aliphatic heterocycles. The van der Waals surface area contributed by atoms with Crippen LogP contribution in [0.4, 0.5) is 5.69 Å². The number of hydrogen-bond acceptors (Lipinski definition) is 4. The number of rotatable bonds is 6. The van der Waals surface area contributed by atoms with E-state index in [2.05, 4.69) is 64.2 Å². The average molecular weight is 449 g/mol. The van der Waals surface area contributed by atoms with Crippen LogP contribution in [0.5, 0.6) is 0 Å². The van der Waals surface area contributed by atoms with Crippen LogP contribution in [0.15, 0.2) is 65.4 Å². The van der Waals surface area contributed by atoms with Gasteiger partial charge < -0.3 is 4.43 Å². The quantitative estimate of drug-likeness (QED) is 0.330. The van der Waals surface area contributed by atoms with Gasteiger partial charge in [-0.3, -0.25) is 9.69 Å². The van der Waals surface area contributed by atoms with Gasteiger partial charge in [-0.2, -0.15) is 16.6 Å². The number of hydrogen-bond donors (Lipinski definition) is 0. The molecule has 0 N–H and O–H groups in total. The molecule has 1 heterocycles. The third-order valence-corrected chi connectivity index (χ3v) is 6.44. The Morgan fingerprint density at radius 2 is 1.71 bits per heavy atom. The van der Waals surface area contributed by atoms with E-state index in [9.17, 15) is 10.1 Å². The first-order valence-corrected chi connectivity index (χ1v) is 14.0. The minimum atomic E-state index is -1.50. The minimum absolute atomic E-state index is 0.0426. The molecule has 1 amide bonds. The highest BCUT2D eigenvalue weighted by atomic mass is 32.1. The highest BCUT2D eigenvalue weighted by Crippen LogP contribution is 2.33. The highest BCUT2D eigenvalue weighted by Gasteiger charge is 2.30. The summed E-state index contributed by atoms with van der Waals surface area (Å²) in [6, 6.07) is 19.4. The smallest absolute Gasteiger partial charge is 0.261 e. The molecule has 0 aliphatic carbocycles. The van der Waals surface area contributed by atoms with Crippen molar-refractivity contribution in [1.29, 1.82) is 5.26 Å². The second-order valence-electron chi connectivity index (χ2n) is 8.76. The van der Waals surface area contributed by atoms with E-state index in [1.54, 1.807) is 17.0 Å². The van der Waals surface area contributed by atoms with Crippen molar-refractivity contribution >= 4 is 32.0 Å². The summed E-state index contributed by atoms with van der Waals surface area (Å²) in [7, 11) is -1.50.